The Bertz CT molecular complexity index is 1270. The van der Waals surface area contributed by atoms with Crippen LogP contribution in [0, 0.1) is 18.7 Å². The van der Waals surface area contributed by atoms with E-state index in [0.717, 1.165) is 35.9 Å². The average Bonchev–Trinajstić information content (AvgIpc) is 3.25. The number of rotatable bonds is 7. The number of carbonyl (C=O) groups excluding carboxylic acids is 2. The minimum absolute atomic E-state index is 0.0102. The number of aryl methyl sites for hydroxylation is 1. The van der Waals surface area contributed by atoms with Crippen LogP contribution in [0.25, 0.3) is 22.2 Å². The molecule has 2 N–H and O–H groups in total. The van der Waals surface area contributed by atoms with Crippen LogP contribution in [-0.2, 0) is 9.59 Å². The summed E-state index contributed by atoms with van der Waals surface area (Å²) in [6.07, 6.45) is 6.47. The smallest absolute Gasteiger partial charge is 0.234 e. The number of pyridine rings is 1. The molecule has 4 rings (SSSR count). The molecule has 2 aromatic heterocycles. The Morgan fingerprint density at radius 1 is 1.19 bits per heavy atom. The fraction of sp³-hybridized carbons (Fsp3) is 0.481. The quantitative estimate of drug-likeness (QED) is 0.511. The highest BCUT2D eigenvalue weighted by Crippen LogP contribution is 2.31. The van der Waals surface area contributed by atoms with E-state index in [9.17, 15) is 14.0 Å². The van der Waals surface area contributed by atoms with Crippen molar-refractivity contribution in [2.45, 2.75) is 58.5 Å². The monoisotopic (exact) mass is 494 g/mol. The third kappa shape index (κ3) is 5.73. The molecule has 0 aliphatic heterocycles. The number of fused-ring (bicyclic) bond motifs is 1. The molecule has 1 fully saturated rings. The zero-order valence-corrected chi connectivity index (χ0v) is 21.6. The molecule has 36 heavy (non-hydrogen) atoms. The average molecular weight is 495 g/mol. The highest BCUT2D eigenvalue weighted by molar-refractivity contribution is 5.93. The number of likely N-dealkylation sites (N-methyl/N-ethyl adjacent to an activating group) is 1. The lowest BCUT2D eigenvalue weighted by molar-refractivity contribution is -0.124. The molecule has 9 heteroatoms. The zero-order valence-electron chi connectivity index (χ0n) is 21.6. The Morgan fingerprint density at radius 3 is 2.69 bits per heavy atom. The summed E-state index contributed by atoms with van der Waals surface area (Å²) in [5.41, 5.74) is 3.46. The summed E-state index contributed by atoms with van der Waals surface area (Å²) in [4.78, 5) is 35.7. The van der Waals surface area contributed by atoms with Crippen molar-refractivity contribution < 1.29 is 14.0 Å². The molecule has 2 atom stereocenters. The summed E-state index contributed by atoms with van der Waals surface area (Å²) in [5.74, 6) is -0.295. The lowest BCUT2D eigenvalue weighted by Gasteiger charge is -2.29. The number of halogens is 1. The third-order valence-corrected chi connectivity index (χ3v) is 6.72. The first-order chi connectivity index (χ1) is 17.1. The van der Waals surface area contributed by atoms with Gasteiger partial charge in [0.05, 0.1) is 18.4 Å². The number of nitrogens with one attached hydrogen (secondary N) is 2. The second-order valence-electron chi connectivity index (χ2n) is 10.3. The second-order valence-corrected chi connectivity index (χ2v) is 10.3. The van der Waals surface area contributed by atoms with Gasteiger partial charge in [-0.2, -0.15) is 0 Å². The predicted octanol–water partition coefficient (Wildman–Crippen LogP) is 4.30. The molecule has 3 aromatic rings. The van der Waals surface area contributed by atoms with E-state index in [2.05, 4.69) is 20.6 Å². The molecule has 1 aliphatic rings. The Hall–Kier alpha value is -3.33. The molecule has 8 nitrogen and oxygen atoms in total. The normalized spacial score (nSPS) is 18.1. The number of carbonyl (C=O) groups is 2. The minimum atomic E-state index is -0.381. The van der Waals surface area contributed by atoms with E-state index in [1.165, 1.54) is 6.07 Å². The lowest BCUT2D eigenvalue weighted by Crippen LogP contribution is -2.44. The molecule has 0 bridgehead atoms. The summed E-state index contributed by atoms with van der Waals surface area (Å²) < 4.78 is 16.8. The third-order valence-electron chi connectivity index (χ3n) is 6.72. The van der Waals surface area contributed by atoms with E-state index in [0.29, 0.717) is 29.9 Å². The first-order valence-electron chi connectivity index (χ1n) is 12.5. The zero-order chi connectivity index (χ0) is 26.0. The van der Waals surface area contributed by atoms with Crippen LogP contribution >= 0.6 is 0 Å². The van der Waals surface area contributed by atoms with E-state index < -0.39 is 0 Å². The number of amides is 2. The van der Waals surface area contributed by atoms with Gasteiger partial charge in [0, 0.05) is 24.2 Å². The van der Waals surface area contributed by atoms with Crippen LogP contribution in [-0.4, -0.2) is 57.9 Å². The maximum Gasteiger partial charge on any atom is 0.234 e. The second kappa shape index (κ2) is 10.7. The van der Waals surface area contributed by atoms with Crippen molar-refractivity contribution >= 4 is 28.7 Å². The highest BCUT2D eigenvalue weighted by Gasteiger charge is 2.28. The number of benzene rings is 1. The molecular weight excluding hydrogens is 459 g/mol. The molecule has 0 unspecified atom stereocenters. The van der Waals surface area contributed by atoms with Gasteiger partial charge in [0.2, 0.25) is 11.8 Å². The molecule has 2 amide bonds. The van der Waals surface area contributed by atoms with Gasteiger partial charge in [0.25, 0.3) is 0 Å². The summed E-state index contributed by atoms with van der Waals surface area (Å²) in [7, 11) is 3.70. The number of hydrogen-bond donors (Lipinski definition) is 2. The fourth-order valence-corrected chi connectivity index (χ4v) is 4.91. The largest absolute Gasteiger partial charge is 0.352 e. The van der Waals surface area contributed by atoms with Crippen LogP contribution in [0.2, 0.25) is 0 Å². The van der Waals surface area contributed by atoms with Crippen molar-refractivity contribution in [2.75, 3.05) is 26.0 Å². The maximum absolute atomic E-state index is 14.9. The van der Waals surface area contributed by atoms with Crippen molar-refractivity contribution in [1.29, 1.82) is 0 Å². The minimum Gasteiger partial charge on any atom is -0.352 e. The van der Waals surface area contributed by atoms with Gasteiger partial charge in [-0.3, -0.25) is 9.59 Å². The van der Waals surface area contributed by atoms with Gasteiger partial charge in [-0.05, 0) is 89.0 Å². The van der Waals surface area contributed by atoms with E-state index in [1.54, 1.807) is 18.6 Å². The van der Waals surface area contributed by atoms with Crippen molar-refractivity contribution in [1.82, 2.24) is 24.8 Å². The number of nitrogens with zero attached hydrogens (tertiary/aromatic N) is 4. The lowest BCUT2D eigenvalue weighted by atomic mass is 9.85. The van der Waals surface area contributed by atoms with Crippen LogP contribution in [0.15, 0.2) is 30.7 Å². The molecular formula is C27H35FN6O2. The first-order valence-corrected chi connectivity index (χ1v) is 12.5. The molecule has 0 saturated heterocycles. The fourth-order valence-electron chi connectivity index (χ4n) is 4.91. The van der Waals surface area contributed by atoms with Crippen LogP contribution in [0.1, 0.15) is 51.1 Å². The molecule has 2 heterocycles. The van der Waals surface area contributed by atoms with Gasteiger partial charge >= 0.3 is 0 Å². The maximum atomic E-state index is 14.9. The van der Waals surface area contributed by atoms with Crippen molar-refractivity contribution in [3.63, 3.8) is 0 Å². The number of hydrogen-bond acceptors (Lipinski definition) is 5. The van der Waals surface area contributed by atoms with Crippen LogP contribution in [0.4, 0.5) is 10.2 Å². The standard InChI is InChI=1S/C27H35FN6O2/c1-16(2)34-15-30-26-22(28)10-19(11-23(26)34)21-12-24(29-13-17(21)3)32-27(36)18-7-6-8-20(9-18)31-25(35)14-33(4)5/h10-13,15-16,18,20H,6-9,14H2,1-5H3,(H,31,35)(H,29,32,36)/t18-,20+/m0/s1. The molecule has 0 spiro atoms. The van der Waals surface area contributed by atoms with Crippen LogP contribution < -0.4 is 10.6 Å². The van der Waals surface area contributed by atoms with Crippen molar-refractivity contribution in [3.05, 3.63) is 42.1 Å². The number of imidazole rings is 1. The van der Waals surface area contributed by atoms with Gasteiger partial charge < -0.3 is 20.1 Å². The first kappa shape index (κ1) is 25.8. The van der Waals surface area contributed by atoms with E-state index >= 15 is 0 Å². The van der Waals surface area contributed by atoms with E-state index in [-0.39, 0.29) is 35.6 Å². The Morgan fingerprint density at radius 2 is 1.97 bits per heavy atom. The number of aromatic nitrogens is 3. The van der Waals surface area contributed by atoms with Crippen molar-refractivity contribution in [2.24, 2.45) is 5.92 Å². The number of anilines is 1. The molecule has 0 radical (unpaired) electrons. The van der Waals surface area contributed by atoms with E-state index in [1.807, 2.05) is 50.4 Å². The summed E-state index contributed by atoms with van der Waals surface area (Å²) in [5, 5.41) is 6.00. The van der Waals surface area contributed by atoms with Crippen LogP contribution in [0.3, 0.4) is 0 Å². The van der Waals surface area contributed by atoms with Gasteiger partial charge in [0.1, 0.15) is 11.3 Å². The van der Waals surface area contributed by atoms with E-state index in [4.69, 9.17) is 0 Å². The van der Waals surface area contributed by atoms with Gasteiger partial charge in [-0.1, -0.05) is 6.42 Å². The predicted molar refractivity (Wildman–Crippen MR) is 139 cm³/mol. The van der Waals surface area contributed by atoms with Gasteiger partial charge in [0.15, 0.2) is 5.82 Å². The van der Waals surface area contributed by atoms with Gasteiger partial charge in [-0.25, -0.2) is 14.4 Å². The SMILES string of the molecule is Cc1cnc(NC(=O)[C@H]2CCC[C@@H](NC(=O)CN(C)C)C2)cc1-c1cc(F)c2ncn(C(C)C)c2c1. The summed E-state index contributed by atoms with van der Waals surface area (Å²) >= 11 is 0. The van der Waals surface area contributed by atoms with Crippen LogP contribution in [0.5, 0.6) is 0 Å². The molecule has 1 saturated carbocycles. The summed E-state index contributed by atoms with van der Waals surface area (Å²) in [6, 6.07) is 5.34. The Kier molecular flexibility index (Phi) is 7.68. The molecule has 1 aliphatic carbocycles. The molecule has 192 valence electrons. The van der Waals surface area contributed by atoms with Crippen molar-refractivity contribution in [3.8, 4) is 11.1 Å². The van der Waals surface area contributed by atoms with Gasteiger partial charge in [-0.15, -0.1) is 0 Å². The highest BCUT2D eigenvalue weighted by atomic mass is 19.1. The Labute approximate surface area is 211 Å². The topological polar surface area (TPSA) is 92.2 Å². The summed E-state index contributed by atoms with van der Waals surface area (Å²) in [6.45, 7) is 6.30. The Balaban J connectivity index is 1.51. The molecule has 1 aromatic carbocycles.